The molecule has 0 fully saturated rings. The Bertz CT molecular complexity index is 655. The topological polar surface area (TPSA) is 67.4 Å². The summed E-state index contributed by atoms with van der Waals surface area (Å²) in [6.45, 7) is 0.661. The third kappa shape index (κ3) is 1.57. The zero-order valence-electron chi connectivity index (χ0n) is 8.48. The number of hydrogen-bond donors (Lipinski definition) is 0. The van der Waals surface area contributed by atoms with Crippen molar-refractivity contribution in [3.63, 3.8) is 0 Å². The maximum Gasteiger partial charge on any atom is 0.224 e. The van der Waals surface area contributed by atoms with Crippen LogP contribution in [-0.4, -0.2) is 19.7 Å². The minimum Gasteiger partial charge on any atom is -0.262 e. The molecular formula is C10H5Cl2N5. The van der Waals surface area contributed by atoms with Gasteiger partial charge in [-0.2, -0.15) is 10.4 Å². The SMILES string of the molecule is N#Cc1cc2n(n1)CCc1c(Cl)nc(Cl)nc1-2. The number of rotatable bonds is 0. The molecule has 0 spiro atoms. The third-order valence-corrected chi connectivity index (χ3v) is 3.12. The highest BCUT2D eigenvalue weighted by Gasteiger charge is 2.23. The number of fused-ring (bicyclic) bond motifs is 3. The molecule has 3 rings (SSSR count). The monoisotopic (exact) mass is 265 g/mol. The molecule has 1 aliphatic heterocycles. The summed E-state index contributed by atoms with van der Waals surface area (Å²) in [4.78, 5) is 8.08. The van der Waals surface area contributed by atoms with Gasteiger partial charge in [0, 0.05) is 18.2 Å². The number of aromatic nitrogens is 4. The van der Waals surface area contributed by atoms with Crippen molar-refractivity contribution in [3.8, 4) is 17.5 Å². The highest BCUT2D eigenvalue weighted by molar-refractivity contribution is 6.32. The molecule has 0 unspecified atom stereocenters. The average Bonchev–Trinajstić information content (AvgIpc) is 2.72. The zero-order valence-corrected chi connectivity index (χ0v) is 10.00. The second-order valence-corrected chi connectivity index (χ2v) is 4.31. The van der Waals surface area contributed by atoms with Crippen molar-refractivity contribution in [1.82, 2.24) is 19.7 Å². The lowest BCUT2D eigenvalue weighted by Crippen LogP contribution is -2.14. The van der Waals surface area contributed by atoms with Gasteiger partial charge in [-0.05, 0) is 18.0 Å². The van der Waals surface area contributed by atoms with Gasteiger partial charge in [0.05, 0.1) is 11.4 Å². The van der Waals surface area contributed by atoms with Crippen molar-refractivity contribution < 1.29 is 0 Å². The molecular weight excluding hydrogens is 261 g/mol. The van der Waals surface area contributed by atoms with E-state index in [0.717, 1.165) is 11.3 Å². The van der Waals surface area contributed by atoms with E-state index in [1.807, 2.05) is 6.07 Å². The minimum atomic E-state index is 0.0990. The Morgan fingerprint density at radius 3 is 2.94 bits per heavy atom. The molecule has 3 heterocycles. The van der Waals surface area contributed by atoms with E-state index in [1.54, 1.807) is 10.7 Å². The number of halogens is 2. The van der Waals surface area contributed by atoms with Crippen LogP contribution >= 0.6 is 23.2 Å². The lowest BCUT2D eigenvalue weighted by atomic mass is 10.1. The maximum atomic E-state index is 8.83. The van der Waals surface area contributed by atoms with Crippen molar-refractivity contribution in [2.24, 2.45) is 0 Å². The molecule has 0 aliphatic carbocycles. The summed E-state index contributed by atoms with van der Waals surface area (Å²) in [6.07, 6.45) is 0.685. The lowest BCUT2D eigenvalue weighted by Gasteiger charge is -2.17. The van der Waals surface area contributed by atoms with E-state index in [9.17, 15) is 0 Å². The van der Waals surface area contributed by atoms with Gasteiger partial charge in [0.25, 0.3) is 0 Å². The van der Waals surface area contributed by atoms with Crippen LogP contribution in [-0.2, 0) is 13.0 Å². The molecule has 1 aliphatic rings. The summed E-state index contributed by atoms with van der Waals surface area (Å²) in [5.74, 6) is 0. The van der Waals surface area contributed by atoms with Crippen molar-refractivity contribution in [2.75, 3.05) is 0 Å². The Balaban J connectivity index is 2.29. The van der Waals surface area contributed by atoms with Crippen molar-refractivity contribution in [3.05, 3.63) is 27.8 Å². The van der Waals surface area contributed by atoms with E-state index in [4.69, 9.17) is 28.5 Å². The highest BCUT2D eigenvalue weighted by atomic mass is 35.5. The summed E-state index contributed by atoms with van der Waals surface area (Å²) in [7, 11) is 0. The fourth-order valence-corrected chi connectivity index (χ4v) is 2.39. The number of nitriles is 1. The van der Waals surface area contributed by atoms with E-state index in [1.165, 1.54) is 0 Å². The summed E-state index contributed by atoms with van der Waals surface area (Å²) >= 11 is 11.8. The molecule has 7 heteroatoms. The van der Waals surface area contributed by atoms with E-state index < -0.39 is 0 Å². The summed E-state index contributed by atoms with van der Waals surface area (Å²) < 4.78 is 1.74. The summed E-state index contributed by atoms with van der Waals surface area (Å²) in [6, 6.07) is 3.68. The first-order valence-corrected chi connectivity index (χ1v) is 5.65. The van der Waals surface area contributed by atoms with E-state index in [2.05, 4.69) is 15.1 Å². The molecule has 2 aromatic rings. The average molecular weight is 266 g/mol. The first-order chi connectivity index (χ1) is 8.19. The van der Waals surface area contributed by atoms with Gasteiger partial charge >= 0.3 is 0 Å². The van der Waals surface area contributed by atoms with Crippen LogP contribution in [0.1, 0.15) is 11.3 Å². The molecule has 84 valence electrons. The fraction of sp³-hybridized carbons (Fsp3) is 0.200. The van der Waals surface area contributed by atoms with Gasteiger partial charge in [-0.1, -0.05) is 11.6 Å². The first-order valence-electron chi connectivity index (χ1n) is 4.89. The molecule has 17 heavy (non-hydrogen) atoms. The molecule has 0 saturated heterocycles. The van der Waals surface area contributed by atoms with Gasteiger partial charge < -0.3 is 0 Å². The second kappa shape index (κ2) is 3.69. The van der Waals surface area contributed by atoms with Crippen LogP contribution in [0, 0.1) is 11.3 Å². The van der Waals surface area contributed by atoms with Gasteiger partial charge in [0.15, 0.2) is 5.69 Å². The molecule has 2 aromatic heterocycles. The zero-order chi connectivity index (χ0) is 12.0. The molecule has 0 bridgehead atoms. The van der Waals surface area contributed by atoms with Gasteiger partial charge in [0.2, 0.25) is 5.28 Å². The predicted octanol–water partition coefficient (Wildman–Crippen LogP) is 2.07. The van der Waals surface area contributed by atoms with Crippen LogP contribution in [0.3, 0.4) is 0 Å². The van der Waals surface area contributed by atoms with Gasteiger partial charge in [-0.15, -0.1) is 0 Å². The molecule has 0 aromatic carbocycles. The van der Waals surface area contributed by atoms with Crippen LogP contribution in [0.25, 0.3) is 11.4 Å². The minimum absolute atomic E-state index is 0.0990. The molecule has 5 nitrogen and oxygen atoms in total. The van der Waals surface area contributed by atoms with Crippen molar-refractivity contribution in [1.29, 1.82) is 5.26 Å². The highest BCUT2D eigenvalue weighted by Crippen LogP contribution is 2.32. The molecule has 0 radical (unpaired) electrons. The van der Waals surface area contributed by atoms with E-state index in [-0.39, 0.29) is 5.28 Å². The van der Waals surface area contributed by atoms with Crippen molar-refractivity contribution >= 4 is 23.2 Å². The fourth-order valence-electron chi connectivity index (χ4n) is 1.91. The number of hydrogen-bond acceptors (Lipinski definition) is 4. The van der Waals surface area contributed by atoms with E-state index in [0.29, 0.717) is 29.5 Å². The predicted molar refractivity (Wildman–Crippen MR) is 61.7 cm³/mol. The quantitative estimate of drug-likeness (QED) is 0.540. The lowest BCUT2D eigenvalue weighted by molar-refractivity contribution is 0.600. The second-order valence-electron chi connectivity index (χ2n) is 3.61. The molecule has 0 saturated carbocycles. The van der Waals surface area contributed by atoms with Gasteiger partial charge in [0.1, 0.15) is 11.2 Å². The number of nitrogens with zero attached hydrogens (tertiary/aromatic N) is 5. The van der Waals surface area contributed by atoms with Crippen LogP contribution < -0.4 is 0 Å². The molecule has 0 atom stereocenters. The Morgan fingerprint density at radius 2 is 2.18 bits per heavy atom. The Morgan fingerprint density at radius 1 is 1.35 bits per heavy atom. The smallest absolute Gasteiger partial charge is 0.224 e. The molecule has 0 N–H and O–H groups in total. The summed E-state index contributed by atoms with van der Waals surface area (Å²) in [5.41, 5.74) is 2.64. The Labute approximate surface area is 107 Å². The van der Waals surface area contributed by atoms with Gasteiger partial charge in [-0.3, -0.25) is 4.68 Å². The standard InChI is InChI=1S/C10H5Cl2N5/c11-9-6-1-2-17-7(3-5(4-13)16-17)8(6)14-10(12)15-9/h3H,1-2H2. The Kier molecular flexibility index (Phi) is 2.28. The van der Waals surface area contributed by atoms with Crippen LogP contribution in [0.2, 0.25) is 10.4 Å². The third-order valence-electron chi connectivity index (χ3n) is 2.64. The van der Waals surface area contributed by atoms with Gasteiger partial charge in [-0.25, -0.2) is 9.97 Å². The normalized spacial score (nSPS) is 12.8. The first kappa shape index (κ1) is 10.5. The molecule has 0 amide bonds. The Hall–Kier alpha value is -1.64. The maximum absolute atomic E-state index is 8.83. The van der Waals surface area contributed by atoms with Crippen molar-refractivity contribution in [2.45, 2.75) is 13.0 Å². The number of aryl methyl sites for hydroxylation is 1. The van der Waals surface area contributed by atoms with E-state index >= 15 is 0 Å². The van der Waals surface area contributed by atoms with Crippen LogP contribution in [0.4, 0.5) is 0 Å². The van der Waals surface area contributed by atoms with Crippen LogP contribution in [0.15, 0.2) is 6.07 Å². The largest absolute Gasteiger partial charge is 0.262 e. The summed E-state index contributed by atoms with van der Waals surface area (Å²) in [5, 5.41) is 13.4. The van der Waals surface area contributed by atoms with Crippen LogP contribution in [0.5, 0.6) is 0 Å².